The Morgan fingerprint density at radius 3 is 2.46 bits per heavy atom. The van der Waals surface area contributed by atoms with Gasteiger partial charge < -0.3 is 20.3 Å². The number of ether oxygens (including phenoxy) is 1. The van der Waals surface area contributed by atoms with Crippen molar-refractivity contribution in [3.05, 3.63) is 57.0 Å². The number of rotatable bonds is 5. The molecular formula is C26H32FN5O5. The second-order valence-corrected chi connectivity index (χ2v) is 10.5. The van der Waals surface area contributed by atoms with Gasteiger partial charge in [0, 0.05) is 27.2 Å². The molecule has 1 aromatic carbocycles. The van der Waals surface area contributed by atoms with Gasteiger partial charge in [-0.15, -0.1) is 0 Å². The van der Waals surface area contributed by atoms with E-state index in [1.54, 1.807) is 19.1 Å². The molecule has 0 radical (unpaired) electrons. The lowest BCUT2D eigenvalue weighted by Crippen LogP contribution is -2.53. The van der Waals surface area contributed by atoms with Crippen LogP contribution >= 0.6 is 0 Å². The van der Waals surface area contributed by atoms with E-state index in [0.29, 0.717) is 43.4 Å². The Labute approximate surface area is 214 Å². The van der Waals surface area contributed by atoms with Crippen LogP contribution in [0.5, 0.6) is 5.75 Å². The van der Waals surface area contributed by atoms with Crippen molar-refractivity contribution >= 4 is 17.7 Å². The molecule has 2 aromatic rings. The first-order valence-electron chi connectivity index (χ1n) is 12.2. The number of nitrogens with zero attached hydrogens (tertiary/aromatic N) is 3. The van der Waals surface area contributed by atoms with Crippen molar-refractivity contribution in [3.8, 4) is 5.75 Å². The monoisotopic (exact) mass is 513 g/mol. The minimum absolute atomic E-state index is 0.0838. The Balaban J connectivity index is 1.76. The lowest BCUT2D eigenvalue weighted by Gasteiger charge is -2.40. The lowest BCUT2D eigenvalue weighted by atomic mass is 9.69. The second kappa shape index (κ2) is 9.60. The van der Waals surface area contributed by atoms with E-state index in [9.17, 15) is 23.6 Å². The van der Waals surface area contributed by atoms with Gasteiger partial charge in [-0.1, -0.05) is 19.1 Å². The molecular weight excluding hydrogens is 481 g/mol. The first-order valence-corrected chi connectivity index (χ1v) is 12.2. The SMILES string of the molecule is COc1c(C(=O)NCc2ccc(F)c(C)c2)nc2n(c1=O)CC1(C)CCC2(NC(=O)C(=O)N(C)C)CC1. The van der Waals surface area contributed by atoms with Crippen molar-refractivity contribution in [2.45, 2.75) is 58.2 Å². The molecule has 2 aliphatic heterocycles. The van der Waals surface area contributed by atoms with Crippen LogP contribution in [0.15, 0.2) is 23.0 Å². The summed E-state index contributed by atoms with van der Waals surface area (Å²) in [6, 6.07) is 4.51. The summed E-state index contributed by atoms with van der Waals surface area (Å²) in [5.74, 6) is -2.47. The normalized spacial score (nSPS) is 22.0. The molecule has 1 aliphatic carbocycles. The minimum atomic E-state index is -1.09. The number of amides is 3. The average Bonchev–Trinajstić information content (AvgIpc) is 3.06. The van der Waals surface area contributed by atoms with E-state index in [-0.39, 0.29) is 35.0 Å². The van der Waals surface area contributed by atoms with E-state index in [0.717, 1.165) is 0 Å². The summed E-state index contributed by atoms with van der Waals surface area (Å²) in [6.07, 6.45) is 2.31. The molecule has 3 heterocycles. The Morgan fingerprint density at radius 2 is 1.86 bits per heavy atom. The number of nitrogens with one attached hydrogen (secondary N) is 2. The van der Waals surface area contributed by atoms with Crippen LogP contribution in [0.3, 0.4) is 0 Å². The third-order valence-corrected chi connectivity index (χ3v) is 7.45. The summed E-state index contributed by atoms with van der Waals surface area (Å²) in [6.45, 7) is 4.13. The fourth-order valence-corrected chi connectivity index (χ4v) is 5.17. The predicted octanol–water partition coefficient (Wildman–Crippen LogP) is 1.62. The van der Waals surface area contributed by atoms with Gasteiger partial charge in [-0.25, -0.2) is 9.37 Å². The molecule has 2 bridgehead atoms. The molecule has 1 aromatic heterocycles. The number of aromatic nitrogens is 2. The van der Waals surface area contributed by atoms with E-state index in [1.807, 2.05) is 0 Å². The Hall–Kier alpha value is -3.76. The molecule has 37 heavy (non-hydrogen) atoms. The Bertz CT molecular complexity index is 1330. The van der Waals surface area contributed by atoms with Crippen LogP contribution in [0.4, 0.5) is 4.39 Å². The number of likely N-dealkylation sites (N-methyl/N-ethyl adjacent to an activating group) is 1. The quantitative estimate of drug-likeness (QED) is 0.586. The highest BCUT2D eigenvalue weighted by Crippen LogP contribution is 2.49. The molecule has 0 saturated heterocycles. The van der Waals surface area contributed by atoms with E-state index in [4.69, 9.17) is 4.74 Å². The van der Waals surface area contributed by atoms with E-state index in [1.165, 1.54) is 36.7 Å². The molecule has 5 rings (SSSR count). The number of hydrogen-bond donors (Lipinski definition) is 2. The number of carbonyl (C=O) groups is 3. The first kappa shape index (κ1) is 26.3. The molecule has 3 amide bonds. The zero-order valence-corrected chi connectivity index (χ0v) is 21.7. The summed E-state index contributed by atoms with van der Waals surface area (Å²) in [5.41, 5.74) is -0.919. The standard InChI is InChI=1S/C26H32FN5O5/c1-15-12-16(6-7-17(15)27)13-28-20(33)18-19(37-5)22(35)32-14-25(2)8-10-26(11-9-25,24(32)29-18)30-21(34)23(36)31(3)4/h6-7,12H,8-11,13-14H2,1-5H3,(H,28,33)(H,30,34). The molecule has 1 saturated carbocycles. The number of hydrogen-bond acceptors (Lipinski definition) is 6. The van der Waals surface area contributed by atoms with Crippen LogP contribution < -0.4 is 20.9 Å². The smallest absolute Gasteiger partial charge is 0.311 e. The molecule has 2 N–H and O–H groups in total. The molecule has 3 aliphatic rings. The van der Waals surface area contributed by atoms with E-state index < -0.39 is 28.8 Å². The Morgan fingerprint density at radius 1 is 1.19 bits per heavy atom. The number of carbonyl (C=O) groups excluding carboxylic acids is 3. The maximum atomic E-state index is 13.6. The van der Waals surface area contributed by atoms with Crippen molar-refractivity contribution in [1.29, 1.82) is 0 Å². The average molecular weight is 514 g/mol. The van der Waals surface area contributed by atoms with E-state index >= 15 is 0 Å². The number of aryl methyl sites for hydroxylation is 1. The van der Waals surface area contributed by atoms with Gasteiger partial charge in [0.2, 0.25) is 5.75 Å². The van der Waals surface area contributed by atoms with Gasteiger partial charge in [0.15, 0.2) is 5.69 Å². The Kier molecular flexibility index (Phi) is 6.83. The van der Waals surface area contributed by atoms with Crippen LogP contribution in [0.1, 0.15) is 60.0 Å². The van der Waals surface area contributed by atoms with E-state index in [2.05, 4.69) is 22.5 Å². The third-order valence-electron chi connectivity index (χ3n) is 7.45. The zero-order chi connectivity index (χ0) is 27.1. The first-order chi connectivity index (χ1) is 17.4. The highest BCUT2D eigenvalue weighted by Gasteiger charge is 2.50. The highest BCUT2D eigenvalue weighted by atomic mass is 19.1. The maximum Gasteiger partial charge on any atom is 0.311 e. The van der Waals surface area contributed by atoms with Crippen molar-refractivity contribution in [2.75, 3.05) is 21.2 Å². The van der Waals surface area contributed by atoms with Gasteiger partial charge in [0.05, 0.1) is 12.6 Å². The van der Waals surface area contributed by atoms with Gasteiger partial charge in [-0.05, 0) is 55.2 Å². The molecule has 198 valence electrons. The van der Waals surface area contributed by atoms with Crippen LogP contribution in [-0.4, -0.2) is 53.4 Å². The molecule has 0 atom stereocenters. The largest absolute Gasteiger partial charge is 0.489 e. The summed E-state index contributed by atoms with van der Waals surface area (Å²) in [5, 5.41) is 5.58. The summed E-state index contributed by atoms with van der Waals surface area (Å²) < 4.78 is 20.4. The van der Waals surface area contributed by atoms with Gasteiger partial charge >= 0.3 is 11.8 Å². The van der Waals surface area contributed by atoms with Crippen LogP contribution in [0.2, 0.25) is 0 Å². The van der Waals surface area contributed by atoms with Crippen molar-refractivity contribution < 1.29 is 23.5 Å². The summed E-state index contributed by atoms with van der Waals surface area (Å²) in [7, 11) is 4.26. The fourth-order valence-electron chi connectivity index (χ4n) is 5.17. The lowest BCUT2D eigenvalue weighted by molar-refractivity contribution is -0.145. The maximum absolute atomic E-state index is 13.6. The van der Waals surface area contributed by atoms with Gasteiger partial charge in [-0.3, -0.25) is 23.7 Å². The topological polar surface area (TPSA) is 123 Å². The minimum Gasteiger partial charge on any atom is -0.489 e. The predicted molar refractivity (Wildman–Crippen MR) is 132 cm³/mol. The van der Waals surface area contributed by atoms with Crippen molar-refractivity contribution in [2.24, 2.45) is 5.41 Å². The molecule has 11 heteroatoms. The number of fused-ring (bicyclic) bond motifs is 2. The third kappa shape index (κ3) is 4.82. The van der Waals surface area contributed by atoms with Gasteiger partial charge in [0.25, 0.3) is 11.5 Å². The molecule has 10 nitrogen and oxygen atoms in total. The number of methoxy groups -OCH3 is 1. The molecule has 0 unspecified atom stereocenters. The second-order valence-electron chi connectivity index (χ2n) is 10.5. The number of benzene rings is 1. The zero-order valence-electron chi connectivity index (χ0n) is 21.7. The van der Waals surface area contributed by atoms with Crippen LogP contribution in [0, 0.1) is 18.2 Å². The van der Waals surface area contributed by atoms with Crippen LogP contribution in [0.25, 0.3) is 0 Å². The van der Waals surface area contributed by atoms with Gasteiger partial charge in [-0.2, -0.15) is 0 Å². The van der Waals surface area contributed by atoms with Crippen molar-refractivity contribution in [3.63, 3.8) is 0 Å². The van der Waals surface area contributed by atoms with Crippen molar-refractivity contribution in [1.82, 2.24) is 25.1 Å². The highest BCUT2D eigenvalue weighted by molar-refractivity contribution is 6.35. The summed E-state index contributed by atoms with van der Waals surface area (Å²) >= 11 is 0. The number of halogens is 1. The summed E-state index contributed by atoms with van der Waals surface area (Å²) in [4.78, 5) is 57.8. The van der Waals surface area contributed by atoms with Crippen LogP contribution in [-0.2, 0) is 28.2 Å². The molecule has 1 fully saturated rings. The molecule has 0 spiro atoms. The fraction of sp³-hybridized carbons (Fsp3) is 0.500. The van der Waals surface area contributed by atoms with Gasteiger partial charge in [0.1, 0.15) is 11.6 Å².